The molecule has 168 valence electrons. The molecule has 0 aliphatic carbocycles. The van der Waals surface area contributed by atoms with Crippen molar-refractivity contribution in [3.8, 4) is 5.75 Å². The van der Waals surface area contributed by atoms with Crippen molar-refractivity contribution in [3.05, 3.63) is 63.1 Å². The number of benzene rings is 2. The van der Waals surface area contributed by atoms with Crippen LogP contribution in [0.25, 0.3) is 0 Å². The van der Waals surface area contributed by atoms with Crippen LogP contribution in [0.2, 0.25) is 5.02 Å². The maximum absolute atomic E-state index is 13.2. The highest BCUT2D eigenvalue weighted by Crippen LogP contribution is 2.28. The largest absolute Gasteiger partial charge is 0.483 e. The lowest BCUT2D eigenvalue weighted by Crippen LogP contribution is -2.50. The third kappa shape index (κ3) is 7.86. The second-order valence-electron chi connectivity index (χ2n) is 7.94. The van der Waals surface area contributed by atoms with E-state index >= 15 is 0 Å². The zero-order valence-corrected chi connectivity index (χ0v) is 20.8. The van der Waals surface area contributed by atoms with Crippen molar-refractivity contribution in [3.63, 3.8) is 0 Å². The maximum Gasteiger partial charge on any atom is 0.261 e. The molecular weight excluding hydrogens is 480 g/mol. The van der Waals surface area contributed by atoms with E-state index in [0.29, 0.717) is 40.7 Å². The van der Waals surface area contributed by atoms with E-state index in [0.717, 1.165) is 11.1 Å². The van der Waals surface area contributed by atoms with E-state index in [1.54, 1.807) is 23.1 Å². The van der Waals surface area contributed by atoms with Gasteiger partial charge in [0.25, 0.3) is 5.91 Å². The van der Waals surface area contributed by atoms with Gasteiger partial charge in [0, 0.05) is 18.1 Å². The minimum atomic E-state index is -0.580. The summed E-state index contributed by atoms with van der Waals surface area (Å²) in [5, 5.41) is 3.53. The van der Waals surface area contributed by atoms with Gasteiger partial charge in [0.1, 0.15) is 11.8 Å². The molecule has 0 spiro atoms. The van der Waals surface area contributed by atoms with Gasteiger partial charge in [-0.2, -0.15) is 0 Å². The first-order valence-corrected chi connectivity index (χ1v) is 11.6. The Bertz CT molecular complexity index is 904. The molecule has 0 aliphatic heterocycles. The molecule has 2 rings (SSSR count). The normalized spacial score (nSPS) is 11.8. The summed E-state index contributed by atoms with van der Waals surface area (Å²) in [6.45, 7) is 8.70. The minimum absolute atomic E-state index is 0.148. The fourth-order valence-corrected chi connectivity index (χ4v) is 3.96. The van der Waals surface area contributed by atoms with Gasteiger partial charge in [-0.25, -0.2) is 0 Å². The Labute approximate surface area is 198 Å². The molecule has 0 heterocycles. The number of rotatable bonds is 10. The summed E-state index contributed by atoms with van der Waals surface area (Å²) in [6.07, 6.45) is 0.506. The number of ether oxygens (including phenoxy) is 1. The molecule has 0 fully saturated rings. The maximum atomic E-state index is 13.2. The molecule has 2 amide bonds. The minimum Gasteiger partial charge on any atom is -0.483 e. The highest BCUT2D eigenvalue weighted by atomic mass is 79.9. The molecule has 2 aromatic rings. The van der Waals surface area contributed by atoms with E-state index in [1.165, 1.54) is 0 Å². The third-order valence-corrected chi connectivity index (χ3v) is 5.61. The number of nitrogens with zero attached hydrogens (tertiary/aromatic N) is 1. The molecular formula is C24H30BrClN2O3. The van der Waals surface area contributed by atoms with E-state index in [4.69, 9.17) is 16.3 Å². The third-order valence-electron chi connectivity index (χ3n) is 4.75. The summed E-state index contributed by atoms with van der Waals surface area (Å²) < 4.78 is 6.41. The quantitative estimate of drug-likeness (QED) is 0.468. The van der Waals surface area contributed by atoms with Crippen LogP contribution >= 0.6 is 27.5 Å². The fraction of sp³-hybridized carbons (Fsp3) is 0.417. The van der Waals surface area contributed by atoms with Crippen LogP contribution in [0.4, 0.5) is 0 Å². The van der Waals surface area contributed by atoms with Gasteiger partial charge in [-0.1, -0.05) is 62.2 Å². The molecule has 31 heavy (non-hydrogen) atoms. The number of hydrogen-bond donors (Lipinski definition) is 1. The van der Waals surface area contributed by atoms with Gasteiger partial charge >= 0.3 is 0 Å². The van der Waals surface area contributed by atoms with Crippen LogP contribution in [0.15, 0.2) is 46.9 Å². The fourth-order valence-electron chi connectivity index (χ4n) is 3.16. The van der Waals surface area contributed by atoms with Gasteiger partial charge in [0.15, 0.2) is 6.61 Å². The second-order valence-corrected chi connectivity index (χ2v) is 9.23. The van der Waals surface area contributed by atoms with E-state index in [1.807, 2.05) is 52.0 Å². The summed E-state index contributed by atoms with van der Waals surface area (Å²) >= 11 is 9.37. The predicted octanol–water partition coefficient (Wildman–Crippen LogP) is 5.37. The number of carbonyl (C=O) groups excluding carboxylic acids is 2. The van der Waals surface area contributed by atoms with Crippen LogP contribution in [-0.4, -0.2) is 35.9 Å². The van der Waals surface area contributed by atoms with Crippen LogP contribution in [0.3, 0.4) is 0 Å². The first-order valence-electron chi connectivity index (χ1n) is 10.4. The Morgan fingerprint density at radius 2 is 1.94 bits per heavy atom. The Morgan fingerprint density at radius 3 is 2.55 bits per heavy atom. The number of halogens is 2. The van der Waals surface area contributed by atoms with Gasteiger partial charge < -0.3 is 15.0 Å². The number of hydrogen-bond acceptors (Lipinski definition) is 3. The molecule has 2 aromatic carbocycles. The van der Waals surface area contributed by atoms with Crippen molar-refractivity contribution in [2.75, 3.05) is 13.2 Å². The van der Waals surface area contributed by atoms with Crippen molar-refractivity contribution in [1.82, 2.24) is 10.2 Å². The Hall–Kier alpha value is -2.05. The number of aryl methyl sites for hydroxylation is 1. The van der Waals surface area contributed by atoms with Gasteiger partial charge in [-0.15, -0.1) is 0 Å². The van der Waals surface area contributed by atoms with E-state index < -0.39 is 6.04 Å². The van der Waals surface area contributed by atoms with Crippen molar-refractivity contribution in [1.29, 1.82) is 0 Å². The molecule has 1 unspecified atom stereocenters. The lowest BCUT2D eigenvalue weighted by Gasteiger charge is -2.31. The average Bonchev–Trinajstić information content (AvgIpc) is 2.71. The summed E-state index contributed by atoms with van der Waals surface area (Å²) in [6, 6.07) is 12.5. The van der Waals surface area contributed by atoms with Crippen LogP contribution in [0.5, 0.6) is 5.75 Å². The SMILES string of the molecule is CCC(C(=O)NCC(C)C)N(Cc1cccc(C)c1)C(=O)COc1ccc(Cl)cc1Br. The lowest BCUT2D eigenvalue weighted by atomic mass is 10.1. The number of amides is 2. The lowest BCUT2D eigenvalue weighted by molar-refractivity contribution is -0.143. The van der Waals surface area contributed by atoms with Crippen molar-refractivity contribution >= 4 is 39.3 Å². The van der Waals surface area contributed by atoms with Crippen molar-refractivity contribution in [2.24, 2.45) is 5.92 Å². The molecule has 0 aliphatic rings. The highest BCUT2D eigenvalue weighted by Gasteiger charge is 2.29. The average molecular weight is 510 g/mol. The molecule has 0 saturated carbocycles. The Kier molecular flexibility index (Phi) is 9.85. The zero-order chi connectivity index (χ0) is 23.0. The zero-order valence-electron chi connectivity index (χ0n) is 18.5. The van der Waals surface area contributed by atoms with E-state index in [2.05, 4.69) is 21.2 Å². The molecule has 5 nitrogen and oxygen atoms in total. The van der Waals surface area contributed by atoms with E-state index in [9.17, 15) is 9.59 Å². The topological polar surface area (TPSA) is 58.6 Å². The molecule has 1 N–H and O–H groups in total. The summed E-state index contributed by atoms with van der Waals surface area (Å²) in [4.78, 5) is 27.7. The van der Waals surface area contributed by atoms with Crippen LogP contribution in [-0.2, 0) is 16.1 Å². The first-order chi connectivity index (χ1) is 14.7. The van der Waals surface area contributed by atoms with Gasteiger partial charge in [0.2, 0.25) is 5.91 Å². The van der Waals surface area contributed by atoms with Gasteiger partial charge in [-0.3, -0.25) is 9.59 Å². The molecule has 0 radical (unpaired) electrons. The highest BCUT2D eigenvalue weighted by molar-refractivity contribution is 9.10. The summed E-state index contributed by atoms with van der Waals surface area (Å²) in [7, 11) is 0. The Morgan fingerprint density at radius 1 is 1.19 bits per heavy atom. The van der Waals surface area contributed by atoms with Crippen molar-refractivity contribution < 1.29 is 14.3 Å². The molecule has 7 heteroatoms. The molecule has 0 aromatic heterocycles. The van der Waals surface area contributed by atoms with Crippen LogP contribution in [0.1, 0.15) is 38.3 Å². The standard InChI is InChI=1S/C24H30BrClN2O3/c1-5-21(24(30)27-13-16(2)3)28(14-18-8-6-7-17(4)11-18)23(29)15-31-22-10-9-19(26)12-20(22)25/h6-12,16,21H,5,13-15H2,1-4H3,(H,27,30). The predicted molar refractivity (Wildman–Crippen MR) is 128 cm³/mol. The molecule has 1 atom stereocenters. The van der Waals surface area contributed by atoms with Crippen LogP contribution < -0.4 is 10.1 Å². The summed E-state index contributed by atoms with van der Waals surface area (Å²) in [5.41, 5.74) is 2.07. The van der Waals surface area contributed by atoms with Crippen molar-refractivity contribution in [2.45, 2.75) is 46.7 Å². The second kappa shape index (κ2) is 12.1. The number of carbonyl (C=O) groups is 2. The smallest absolute Gasteiger partial charge is 0.261 e. The number of nitrogens with one attached hydrogen (secondary N) is 1. The Balaban J connectivity index is 2.21. The monoisotopic (exact) mass is 508 g/mol. The molecule has 0 bridgehead atoms. The van der Waals surface area contributed by atoms with Crippen LogP contribution in [0, 0.1) is 12.8 Å². The summed E-state index contributed by atoms with van der Waals surface area (Å²) in [5.74, 6) is 0.443. The molecule has 0 saturated heterocycles. The first kappa shape index (κ1) is 25.2. The van der Waals surface area contributed by atoms with Gasteiger partial charge in [-0.05, 0) is 59.0 Å². The van der Waals surface area contributed by atoms with Gasteiger partial charge in [0.05, 0.1) is 4.47 Å². The van der Waals surface area contributed by atoms with E-state index in [-0.39, 0.29) is 18.4 Å².